The number of hydrogen-bond donors (Lipinski definition) is 2. The van der Waals surface area contributed by atoms with Crippen LogP contribution in [0.2, 0.25) is 0 Å². The Kier molecular flexibility index (Phi) is 5.80. The van der Waals surface area contributed by atoms with E-state index >= 15 is 0 Å². The summed E-state index contributed by atoms with van der Waals surface area (Å²) in [5, 5.41) is 6.06. The van der Waals surface area contributed by atoms with E-state index in [1.165, 1.54) is 0 Å². The molecule has 2 aromatic rings. The molecule has 1 heterocycles. The maximum atomic E-state index is 12.3. The van der Waals surface area contributed by atoms with Crippen LogP contribution in [0.15, 0.2) is 36.4 Å². The number of halogens is 1. The molecule has 0 aliphatic rings. The van der Waals surface area contributed by atoms with Gasteiger partial charge in [-0.1, -0.05) is 18.2 Å². The second-order valence-electron chi connectivity index (χ2n) is 4.56. The predicted molar refractivity (Wildman–Crippen MR) is 84.6 cm³/mol. The summed E-state index contributed by atoms with van der Waals surface area (Å²) in [6.07, 6.45) is 0. The number of para-hydroxylation sites is 1. The lowest BCUT2D eigenvalue weighted by atomic mass is 10.1. The molecule has 20 heavy (non-hydrogen) atoms. The van der Waals surface area contributed by atoms with Crippen LogP contribution in [0.4, 0.5) is 5.69 Å². The van der Waals surface area contributed by atoms with Crippen molar-refractivity contribution < 1.29 is 4.79 Å². The first-order valence-corrected chi connectivity index (χ1v) is 6.29. The number of carbonyl (C=O) groups is 1. The minimum Gasteiger partial charge on any atom is -0.344 e. The lowest BCUT2D eigenvalue weighted by Crippen LogP contribution is -2.18. The van der Waals surface area contributed by atoms with Crippen LogP contribution in [-0.4, -0.2) is 17.5 Å². The SMILES string of the molecule is CNCc1ccccc1NC(=O)c1ccc(C)n1C.Cl. The summed E-state index contributed by atoms with van der Waals surface area (Å²) in [5.41, 5.74) is 3.65. The number of amides is 1. The third-order valence-electron chi connectivity index (χ3n) is 3.24. The van der Waals surface area contributed by atoms with Gasteiger partial charge >= 0.3 is 0 Å². The van der Waals surface area contributed by atoms with Crippen molar-refractivity contribution in [2.24, 2.45) is 7.05 Å². The van der Waals surface area contributed by atoms with Gasteiger partial charge < -0.3 is 15.2 Å². The van der Waals surface area contributed by atoms with Crippen molar-refractivity contribution in [2.45, 2.75) is 13.5 Å². The van der Waals surface area contributed by atoms with E-state index in [0.717, 1.165) is 23.5 Å². The van der Waals surface area contributed by atoms with E-state index in [1.807, 2.05) is 62.0 Å². The van der Waals surface area contributed by atoms with Gasteiger partial charge in [-0.05, 0) is 37.7 Å². The van der Waals surface area contributed by atoms with Gasteiger partial charge in [0.1, 0.15) is 5.69 Å². The summed E-state index contributed by atoms with van der Waals surface area (Å²) in [4.78, 5) is 12.3. The highest BCUT2D eigenvalue weighted by Crippen LogP contribution is 2.16. The van der Waals surface area contributed by atoms with Crippen LogP contribution < -0.4 is 10.6 Å². The summed E-state index contributed by atoms with van der Waals surface area (Å²) in [5.74, 6) is -0.0841. The highest BCUT2D eigenvalue weighted by atomic mass is 35.5. The molecule has 0 fully saturated rings. The van der Waals surface area contributed by atoms with Crippen molar-refractivity contribution in [3.8, 4) is 0 Å². The molecule has 1 aromatic heterocycles. The second kappa shape index (κ2) is 7.12. The highest BCUT2D eigenvalue weighted by Gasteiger charge is 2.12. The Morgan fingerprint density at radius 2 is 1.90 bits per heavy atom. The first kappa shape index (κ1) is 16.3. The van der Waals surface area contributed by atoms with Crippen LogP contribution in [0.1, 0.15) is 21.7 Å². The first-order valence-electron chi connectivity index (χ1n) is 6.29. The van der Waals surface area contributed by atoms with Gasteiger partial charge in [0.2, 0.25) is 0 Å². The van der Waals surface area contributed by atoms with Gasteiger partial charge in [-0.2, -0.15) is 0 Å². The largest absolute Gasteiger partial charge is 0.344 e. The van der Waals surface area contributed by atoms with Crippen LogP contribution in [0, 0.1) is 6.92 Å². The molecular formula is C15H20ClN3O. The fourth-order valence-electron chi connectivity index (χ4n) is 2.01. The topological polar surface area (TPSA) is 46.1 Å². The minimum absolute atomic E-state index is 0. The molecule has 108 valence electrons. The molecule has 1 amide bonds. The number of aryl methyl sites for hydroxylation is 1. The summed E-state index contributed by atoms with van der Waals surface area (Å²) in [6, 6.07) is 11.6. The molecule has 2 rings (SSSR count). The highest BCUT2D eigenvalue weighted by molar-refractivity contribution is 6.03. The van der Waals surface area contributed by atoms with Crippen LogP contribution >= 0.6 is 12.4 Å². The number of hydrogen-bond acceptors (Lipinski definition) is 2. The number of nitrogens with zero attached hydrogens (tertiary/aromatic N) is 1. The Labute approximate surface area is 125 Å². The van der Waals surface area contributed by atoms with Gasteiger partial charge in [-0.3, -0.25) is 4.79 Å². The van der Waals surface area contributed by atoms with Gasteiger partial charge in [-0.15, -0.1) is 12.4 Å². The van der Waals surface area contributed by atoms with Crippen molar-refractivity contribution >= 4 is 24.0 Å². The Morgan fingerprint density at radius 1 is 1.20 bits per heavy atom. The van der Waals surface area contributed by atoms with E-state index in [-0.39, 0.29) is 18.3 Å². The average molecular weight is 294 g/mol. The van der Waals surface area contributed by atoms with E-state index in [2.05, 4.69) is 10.6 Å². The standard InChI is InChI=1S/C15H19N3O.ClH/c1-11-8-9-14(18(11)3)15(19)17-13-7-5-4-6-12(13)10-16-2;/h4-9,16H,10H2,1-3H3,(H,17,19);1H. The van der Waals surface area contributed by atoms with Crippen molar-refractivity contribution in [3.63, 3.8) is 0 Å². The normalized spacial score (nSPS) is 9.95. The fraction of sp³-hybridized carbons (Fsp3) is 0.267. The number of carbonyl (C=O) groups excluding carboxylic acids is 1. The molecule has 0 saturated carbocycles. The van der Waals surface area contributed by atoms with Crippen molar-refractivity contribution in [1.82, 2.24) is 9.88 Å². The Hall–Kier alpha value is -1.78. The van der Waals surface area contributed by atoms with E-state index in [4.69, 9.17) is 0 Å². The number of benzene rings is 1. The number of nitrogens with one attached hydrogen (secondary N) is 2. The third-order valence-corrected chi connectivity index (χ3v) is 3.24. The van der Waals surface area contributed by atoms with Gasteiger partial charge in [0.25, 0.3) is 5.91 Å². The average Bonchev–Trinajstić information content (AvgIpc) is 2.73. The van der Waals surface area contributed by atoms with Crippen molar-refractivity contribution in [2.75, 3.05) is 12.4 Å². The van der Waals surface area contributed by atoms with Crippen molar-refractivity contribution in [3.05, 3.63) is 53.3 Å². The molecule has 0 unspecified atom stereocenters. The van der Waals surface area contributed by atoms with E-state index in [1.54, 1.807) is 0 Å². The summed E-state index contributed by atoms with van der Waals surface area (Å²) >= 11 is 0. The molecule has 0 bridgehead atoms. The number of aromatic nitrogens is 1. The number of rotatable bonds is 4. The van der Waals surface area contributed by atoms with Crippen LogP contribution in [0.5, 0.6) is 0 Å². The van der Waals surface area contributed by atoms with E-state index in [9.17, 15) is 4.79 Å². The minimum atomic E-state index is -0.0841. The van der Waals surface area contributed by atoms with Crippen LogP contribution in [0.25, 0.3) is 0 Å². The van der Waals surface area contributed by atoms with Gasteiger partial charge in [0.05, 0.1) is 0 Å². The zero-order valence-corrected chi connectivity index (χ0v) is 12.8. The molecule has 0 radical (unpaired) electrons. The first-order chi connectivity index (χ1) is 9.13. The molecule has 1 aromatic carbocycles. The monoisotopic (exact) mass is 293 g/mol. The molecule has 2 N–H and O–H groups in total. The van der Waals surface area contributed by atoms with Gasteiger partial charge in [-0.25, -0.2) is 0 Å². The summed E-state index contributed by atoms with van der Waals surface area (Å²) < 4.78 is 1.88. The van der Waals surface area contributed by atoms with Crippen LogP contribution in [-0.2, 0) is 13.6 Å². The zero-order chi connectivity index (χ0) is 13.8. The molecule has 0 saturated heterocycles. The quantitative estimate of drug-likeness (QED) is 0.910. The fourth-order valence-corrected chi connectivity index (χ4v) is 2.01. The van der Waals surface area contributed by atoms with Crippen LogP contribution in [0.3, 0.4) is 0 Å². The zero-order valence-electron chi connectivity index (χ0n) is 11.9. The molecular weight excluding hydrogens is 274 g/mol. The summed E-state index contributed by atoms with van der Waals surface area (Å²) in [6.45, 7) is 2.70. The smallest absolute Gasteiger partial charge is 0.272 e. The molecule has 5 heteroatoms. The third kappa shape index (κ3) is 3.40. The maximum absolute atomic E-state index is 12.3. The summed E-state index contributed by atoms with van der Waals surface area (Å²) in [7, 11) is 3.78. The molecule has 0 aliphatic carbocycles. The van der Waals surface area contributed by atoms with Crippen molar-refractivity contribution in [1.29, 1.82) is 0 Å². The lowest BCUT2D eigenvalue weighted by Gasteiger charge is -2.11. The van der Waals surface area contributed by atoms with E-state index < -0.39 is 0 Å². The maximum Gasteiger partial charge on any atom is 0.272 e. The molecule has 0 spiro atoms. The Bertz CT molecular complexity index is 593. The van der Waals surface area contributed by atoms with Gasteiger partial charge in [0, 0.05) is 25.0 Å². The molecule has 0 aliphatic heterocycles. The lowest BCUT2D eigenvalue weighted by molar-refractivity contribution is 0.101. The Balaban J connectivity index is 0.00000200. The van der Waals surface area contributed by atoms with E-state index in [0.29, 0.717) is 5.69 Å². The molecule has 4 nitrogen and oxygen atoms in total. The Morgan fingerprint density at radius 3 is 2.50 bits per heavy atom. The van der Waals surface area contributed by atoms with Gasteiger partial charge in [0.15, 0.2) is 0 Å². The number of anilines is 1. The second-order valence-corrected chi connectivity index (χ2v) is 4.56. The predicted octanol–water partition coefficient (Wildman–Crippen LogP) is 2.73. The molecule has 0 atom stereocenters.